The number of halogens is 1. The summed E-state index contributed by atoms with van der Waals surface area (Å²) in [5.74, 6) is -0.261. The van der Waals surface area contributed by atoms with E-state index >= 15 is 0 Å². The summed E-state index contributed by atoms with van der Waals surface area (Å²) in [6.07, 6.45) is 3.70. The highest BCUT2D eigenvalue weighted by molar-refractivity contribution is 8.01. The number of benzene rings is 2. The second-order valence-electron chi connectivity index (χ2n) is 7.53. The second-order valence-corrected chi connectivity index (χ2v) is 10.4. The van der Waals surface area contributed by atoms with Gasteiger partial charge in [0.25, 0.3) is 0 Å². The topological polar surface area (TPSA) is 43.9 Å². The molecule has 31 heavy (non-hydrogen) atoms. The van der Waals surface area contributed by atoms with Gasteiger partial charge >= 0.3 is 0 Å². The molecule has 3 heterocycles. The Morgan fingerprint density at radius 1 is 1.10 bits per heavy atom. The highest BCUT2D eigenvalue weighted by Crippen LogP contribution is 2.42. The molecule has 0 amide bonds. The van der Waals surface area contributed by atoms with Gasteiger partial charge in [0.05, 0.1) is 9.90 Å². The number of fused-ring (bicyclic) bond motifs is 1. The van der Waals surface area contributed by atoms with Crippen molar-refractivity contribution in [3.05, 3.63) is 72.5 Å². The zero-order chi connectivity index (χ0) is 21.5. The smallest absolute Gasteiger partial charge is 0.211 e. The average molecular weight is 450 g/mol. The van der Waals surface area contributed by atoms with Crippen LogP contribution in [0.3, 0.4) is 0 Å². The maximum Gasteiger partial charge on any atom is 0.211 e. The maximum atomic E-state index is 13.7. The van der Waals surface area contributed by atoms with Crippen molar-refractivity contribution in [2.24, 2.45) is 0 Å². The quantitative estimate of drug-likeness (QED) is 0.263. The molecule has 0 fully saturated rings. The van der Waals surface area contributed by atoms with Gasteiger partial charge in [0.15, 0.2) is 0 Å². The number of hydrogen-bond donors (Lipinski definition) is 0. The first-order valence-corrected chi connectivity index (χ1v) is 11.7. The van der Waals surface area contributed by atoms with Crippen molar-refractivity contribution in [3.8, 4) is 27.5 Å². The summed E-state index contributed by atoms with van der Waals surface area (Å²) in [4.78, 5) is 4.96. The predicted octanol–water partition coefficient (Wildman–Crippen LogP) is 7.36. The molecule has 7 heteroatoms. The third kappa shape index (κ3) is 3.79. The number of nitrogens with zero attached hydrogens (tertiary/aromatic N) is 3. The molecule has 0 saturated carbocycles. The van der Waals surface area contributed by atoms with E-state index in [2.05, 4.69) is 25.0 Å². The summed E-state index contributed by atoms with van der Waals surface area (Å²) in [6, 6.07) is 14.6. The van der Waals surface area contributed by atoms with Crippen LogP contribution in [-0.4, -0.2) is 20.0 Å². The lowest BCUT2D eigenvalue weighted by molar-refractivity contribution is 0.616. The second kappa shape index (κ2) is 7.98. The first kappa shape index (κ1) is 20.0. The van der Waals surface area contributed by atoms with Gasteiger partial charge in [-0.1, -0.05) is 55.5 Å². The molecule has 0 N–H and O–H groups in total. The summed E-state index contributed by atoms with van der Waals surface area (Å²) in [5.41, 5.74) is 5.26. The Morgan fingerprint density at radius 3 is 2.74 bits per heavy atom. The average Bonchev–Trinajstić information content (AvgIpc) is 3.44. The standard InChI is InChI=1S/C24H20FN3OS2/c1-14(2)30-23-22(20-13-29-21-10-5-4-9-18(20)21)26-24(31-23)28-12-19(15(3)27-28)16-7-6-8-17(25)11-16/h4-14H,1-3H3. The van der Waals surface area contributed by atoms with E-state index in [0.717, 1.165) is 48.4 Å². The number of thiazole rings is 1. The monoisotopic (exact) mass is 449 g/mol. The molecule has 0 aliphatic rings. The minimum Gasteiger partial charge on any atom is -0.464 e. The lowest BCUT2D eigenvalue weighted by Gasteiger charge is -2.03. The summed E-state index contributed by atoms with van der Waals surface area (Å²) in [6.45, 7) is 6.27. The highest BCUT2D eigenvalue weighted by Gasteiger charge is 2.21. The SMILES string of the molecule is Cc1nn(-c2nc(-c3coc4ccccc34)c(SC(C)C)s2)cc1-c1cccc(F)c1. The van der Waals surface area contributed by atoms with E-state index in [1.54, 1.807) is 40.1 Å². The van der Waals surface area contributed by atoms with Crippen LogP contribution in [0.4, 0.5) is 4.39 Å². The number of para-hydroxylation sites is 1. The molecule has 0 unspecified atom stereocenters. The van der Waals surface area contributed by atoms with E-state index in [1.807, 2.05) is 37.4 Å². The molecule has 0 atom stereocenters. The van der Waals surface area contributed by atoms with Gasteiger partial charge < -0.3 is 4.42 Å². The zero-order valence-electron chi connectivity index (χ0n) is 17.3. The summed E-state index contributed by atoms with van der Waals surface area (Å²) in [5, 5.41) is 6.90. The number of thioether (sulfide) groups is 1. The predicted molar refractivity (Wildman–Crippen MR) is 126 cm³/mol. The number of hydrogen-bond acceptors (Lipinski definition) is 5. The minimum atomic E-state index is -0.261. The Labute approximate surface area is 187 Å². The highest BCUT2D eigenvalue weighted by atomic mass is 32.2. The van der Waals surface area contributed by atoms with Crippen LogP contribution in [0.15, 0.2) is 69.6 Å². The van der Waals surface area contributed by atoms with Crippen molar-refractivity contribution < 1.29 is 8.81 Å². The van der Waals surface area contributed by atoms with Crippen LogP contribution in [-0.2, 0) is 0 Å². The molecule has 0 aliphatic carbocycles. The number of rotatable bonds is 5. The maximum absolute atomic E-state index is 13.7. The molecule has 0 aliphatic heterocycles. The molecule has 2 aromatic carbocycles. The fourth-order valence-corrected chi connectivity index (χ4v) is 5.95. The Kier molecular flexibility index (Phi) is 5.16. The normalized spacial score (nSPS) is 11.6. The molecule has 5 aromatic rings. The van der Waals surface area contributed by atoms with Crippen molar-refractivity contribution in [3.63, 3.8) is 0 Å². The third-order valence-corrected chi connectivity index (χ3v) is 7.15. The van der Waals surface area contributed by atoms with Crippen LogP contribution in [0.25, 0.3) is 38.5 Å². The largest absolute Gasteiger partial charge is 0.464 e. The van der Waals surface area contributed by atoms with Gasteiger partial charge in [-0.15, -0.1) is 11.8 Å². The number of furan rings is 1. The molecular formula is C24H20FN3OS2. The molecule has 156 valence electrons. The Balaban J connectivity index is 1.62. The van der Waals surface area contributed by atoms with Gasteiger partial charge in [0.2, 0.25) is 5.13 Å². The summed E-state index contributed by atoms with van der Waals surface area (Å²) < 4.78 is 22.4. The third-order valence-electron chi connectivity index (χ3n) is 4.89. The Hall–Kier alpha value is -2.90. The Morgan fingerprint density at radius 2 is 1.94 bits per heavy atom. The van der Waals surface area contributed by atoms with Gasteiger partial charge in [0.1, 0.15) is 23.4 Å². The van der Waals surface area contributed by atoms with Crippen LogP contribution in [0.1, 0.15) is 19.5 Å². The van der Waals surface area contributed by atoms with E-state index in [4.69, 9.17) is 9.40 Å². The number of aryl methyl sites for hydroxylation is 1. The first-order valence-electron chi connectivity index (χ1n) is 9.96. The Bertz CT molecular complexity index is 1380. The molecule has 4 nitrogen and oxygen atoms in total. The van der Waals surface area contributed by atoms with E-state index in [0.29, 0.717) is 5.25 Å². The van der Waals surface area contributed by atoms with Crippen molar-refractivity contribution in [1.82, 2.24) is 14.8 Å². The van der Waals surface area contributed by atoms with E-state index in [1.165, 1.54) is 12.1 Å². The van der Waals surface area contributed by atoms with Crippen molar-refractivity contribution in [1.29, 1.82) is 0 Å². The molecule has 0 saturated heterocycles. The fraction of sp³-hybridized carbons (Fsp3) is 0.167. The molecule has 5 rings (SSSR count). The van der Waals surface area contributed by atoms with Gasteiger partial charge in [-0.25, -0.2) is 14.1 Å². The van der Waals surface area contributed by atoms with E-state index < -0.39 is 0 Å². The van der Waals surface area contributed by atoms with Crippen LogP contribution in [0.2, 0.25) is 0 Å². The molecule has 0 bridgehead atoms. The van der Waals surface area contributed by atoms with Crippen molar-refractivity contribution in [2.45, 2.75) is 30.2 Å². The van der Waals surface area contributed by atoms with Crippen LogP contribution < -0.4 is 0 Å². The van der Waals surface area contributed by atoms with Gasteiger partial charge in [0, 0.05) is 28.0 Å². The van der Waals surface area contributed by atoms with Gasteiger partial charge in [-0.2, -0.15) is 5.10 Å². The molecule has 0 radical (unpaired) electrons. The minimum absolute atomic E-state index is 0.261. The molecule has 3 aromatic heterocycles. The van der Waals surface area contributed by atoms with E-state index in [-0.39, 0.29) is 5.82 Å². The van der Waals surface area contributed by atoms with Crippen LogP contribution in [0, 0.1) is 12.7 Å². The van der Waals surface area contributed by atoms with Gasteiger partial charge in [-0.3, -0.25) is 0 Å². The van der Waals surface area contributed by atoms with Crippen molar-refractivity contribution >= 4 is 34.1 Å². The summed E-state index contributed by atoms with van der Waals surface area (Å²) >= 11 is 3.39. The van der Waals surface area contributed by atoms with E-state index in [9.17, 15) is 4.39 Å². The molecular weight excluding hydrogens is 429 g/mol. The lowest BCUT2D eigenvalue weighted by Crippen LogP contribution is -1.93. The zero-order valence-corrected chi connectivity index (χ0v) is 18.9. The van der Waals surface area contributed by atoms with Crippen molar-refractivity contribution in [2.75, 3.05) is 0 Å². The fourth-order valence-electron chi connectivity index (χ4n) is 3.52. The van der Waals surface area contributed by atoms with Crippen LogP contribution >= 0.6 is 23.1 Å². The first-order chi connectivity index (χ1) is 15.0. The lowest BCUT2D eigenvalue weighted by atomic mass is 10.1. The van der Waals surface area contributed by atoms with Crippen LogP contribution in [0.5, 0.6) is 0 Å². The molecule has 0 spiro atoms. The van der Waals surface area contributed by atoms with Gasteiger partial charge in [-0.05, 0) is 30.7 Å². The summed E-state index contributed by atoms with van der Waals surface area (Å²) in [7, 11) is 0. The number of aromatic nitrogens is 3.